The number of rotatable bonds is 2. The Labute approximate surface area is 113 Å². The van der Waals surface area contributed by atoms with E-state index in [2.05, 4.69) is 15.9 Å². The maximum absolute atomic E-state index is 13.5. The minimum absolute atomic E-state index is 0.204. The van der Waals surface area contributed by atoms with Gasteiger partial charge in [-0.25, -0.2) is 8.78 Å². The van der Waals surface area contributed by atoms with E-state index in [1.54, 1.807) is 0 Å². The highest BCUT2D eigenvalue weighted by Crippen LogP contribution is 2.27. The number of carbonyl (C=O) groups is 1. The molecule has 0 aliphatic heterocycles. The third-order valence-electron chi connectivity index (χ3n) is 2.03. The molecule has 0 saturated carbocycles. The lowest BCUT2D eigenvalue weighted by Gasteiger charge is -2.03. The van der Waals surface area contributed by atoms with Crippen LogP contribution in [0, 0.1) is 11.6 Å². The molecular weight excluding hydrogens is 334 g/mol. The summed E-state index contributed by atoms with van der Waals surface area (Å²) in [6.07, 6.45) is 0. The first-order valence-corrected chi connectivity index (χ1v) is 6.42. The molecule has 1 nitrogen and oxygen atoms in total. The van der Waals surface area contributed by atoms with Gasteiger partial charge in [0.05, 0.1) is 14.8 Å². The van der Waals surface area contributed by atoms with Gasteiger partial charge >= 0.3 is 0 Å². The van der Waals surface area contributed by atoms with Crippen LogP contribution in [0.5, 0.6) is 0 Å². The first-order chi connectivity index (χ1) is 7.99. The van der Waals surface area contributed by atoms with E-state index in [1.165, 1.54) is 12.1 Å². The van der Waals surface area contributed by atoms with Crippen LogP contribution < -0.4 is 0 Å². The highest BCUT2D eigenvalue weighted by atomic mass is 79.9. The third-order valence-corrected chi connectivity index (χ3v) is 3.72. The van der Waals surface area contributed by atoms with Crippen LogP contribution in [0.4, 0.5) is 8.78 Å². The smallest absolute Gasteiger partial charge is 0.208 e. The van der Waals surface area contributed by atoms with E-state index >= 15 is 0 Å². The highest BCUT2D eigenvalue weighted by molar-refractivity contribution is 9.10. The van der Waals surface area contributed by atoms with Crippen LogP contribution in [0.1, 0.15) is 15.2 Å². The summed E-state index contributed by atoms with van der Waals surface area (Å²) in [6.45, 7) is 0. The highest BCUT2D eigenvalue weighted by Gasteiger charge is 2.21. The molecule has 88 valence electrons. The molecule has 6 heteroatoms. The summed E-state index contributed by atoms with van der Waals surface area (Å²) in [5, 5.41) is 0. The predicted octanol–water partition coefficient (Wildman–Crippen LogP) is 4.67. The Kier molecular flexibility index (Phi) is 3.61. The summed E-state index contributed by atoms with van der Waals surface area (Å²) in [4.78, 5) is 12.1. The van der Waals surface area contributed by atoms with Gasteiger partial charge in [0.25, 0.3) is 0 Å². The molecule has 1 heterocycles. The van der Waals surface area contributed by atoms with Crippen LogP contribution in [0.25, 0.3) is 0 Å². The molecule has 0 aliphatic carbocycles. The van der Waals surface area contributed by atoms with E-state index in [4.69, 9.17) is 11.6 Å². The van der Waals surface area contributed by atoms with Gasteiger partial charge in [0.2, 0.25) is 5.78 Å². The monoisotopic (exact) mass is 336 g/mol. The molecule has 17 heavy (non-hydrogen) atoms. The van der Waals surface area contributed by atoms with Crippen molar-refractivity contribution in [1.82, 2.24) is 0 Å². The molecule has 1 aromatic heterocycles. The average molecular weight is 338 g/mol. The molecule has 1 aromatic carbocycles. The van der Waals surface area contributed by atoms with Crippen molar-refractivity contribution in [3.05, 3.63) is 55.1 Å². The van der Waals surface area contributed by atoms with E-state index in [-0.39, 0.29) is 9.35 Å². The summed E-state index contributed by atoms with van der Waals surface area (Å²) in [5.74, 6) is -2.50. The van der Waals surface area contributed by atoms with E-state index in [9.17, 15) is 13.6 Å². The third kappa shape index (κ3) is 2.56. The Bertz CT molecular complexity index is 574. The number of hydrogen-bond donors (Lipinski definition) is 0. The molecule has 2 aromatic rings. The van der Waals surface area contributed by atoms with Crippen LogP contribution >= 0.6 is 38.9 Å². The minimum atomic E-state index is -0.897. The van der Waals surface area contributed by atoms with Crippen LogP contribution in [0.2, 0.25) is 4.34 Å². The van der Waals surface area contributed by atoms with Crippen molar-refractivity contribution < 1.29 is 13.6 Å². The van der Waals surface area contributed by atoms with E-state index in [0.717, 1.165) is 23.5 Å². The zero-order valence-electron chi connectivity index (χ0n) is 8.14. The number of benzene rings is 1. The SMILES string of the molecule is O=C(c1ccc(Cl)s1)c1c(F)cc(Br)cc1F. The second kappa shape index (κ2) is 4.84. The van der Waals surface area contributed by atoms with Gasteiger partial charge in [-0.1, -0.05) is 27.5 Å². The molecule has 0 radical (unpaired) electrons. The zero-order chi connectivity index (χ0) is 12.6. The van der Waals surface area contributed by atoms with Crippen LogP contribution in [-0.2, 0) is 0 Å². The molecular formula is C11H4BrClF2OS. The predicted molar refractivity (Wildman–Crippen MR) is 66.8 cm³/mol. The Hall–Kier alpha value is -0.780. The Morgan fingerprint density at radius 1 is 1.24 bits per heavy atom. The fourth-order valence-electron chi connectivity index (χ4n) is 1.32. The second-order valence-electron chi connectivity index (χ2n) is 3.18. The van der Waals surface area contributed by atoms with Crippen molar-refractivity contribution in [3.63, 3.8) is 0 Å². The quantitative estimate of drug-likeness (QED) is 0.728. The number of carbonyl (C=O) groups excluding carboxylic acids is 1. The molecule has 0 unspecified atom stereocenters. The van der Waals surface area contributed by atoms with Gasteiger partial charge in [-0.2, -0.15) is 0 Å². The van der Waals surface area contributed by atoms with Crippen molar-refractivity contribution in [2.24, 2.45) is 0 Å². The van der Waals surface area contributed by atoms with Gasteiger partial charge in [-0.05, 0) is 24.3 Å². The van der Waals surface area contributed by atoms with E-state index < -0.39 is 23.0 Å². The Balaban J connectivity index is 2.51. The van der Waals surface area contributed by atoms with Gasteiger partial charge in [0.15, 0.2) is 0 Å². The van der Waals surface area contributed by atoms with E-state index in [1.807, 2.05) is 0 Å². The lowest BCUT2D eigenvalue weighted by atomic mass is 10.1. The lowest BCUT2D eigenvalue weighted by molar-refractivity contribution is 0.103. The van der Waals surface area contributed by atoms with Crippen molar-refractivity contribution in [3.8, 4) is 0 Å². The van der Waals surface area contributed by atoms with Crippen LogP contribution in [-0.4, -0.2) is 5.78 Å². The number of hydrogen-bond acceptors (Lipinski definition) is 2. The van der Waals surface area contributed by atoms with Crippen LogP contribution in [0.3, 0.4) is 0 Å². The first-order valence-electron chi connectivity index (χ1n) is 4.43. The van der Waals surface area contributed by atoms with E-state index in [0.29, 0.717) is 4.34 Å². The summed E-state index contributed by atoms with van der Waals surface area (Å²) < 4.78 is 27.7. The normalized spacial score (nSPS) is 10.6. The minimum Gasteiger partial charge on any atom is -0.287 e. The second-order valence-corrected chi connectivity index (χ2v) is 5.81. The molecule has 2 rings (SSSR count). The first kappa shape index (κ1) is 12.7. The topological polar surface area (TPSA) is 17.1 Å². The largest absolute Gasteiger partial charge is 0.287 e. The fourth-order valence-corrected chi connectivity index (χ4v) is 2.71. The maximum atomic E-state index is 13.5. The number of ketones is 1. The molecule has 0 aliphatic rings. The van der Waals surface area contributed by atoms with Crippen molar-refractivity contribution in [2.45, 2.75) is 0 Å². The lowest BCUT2D eigenvalue weighted by Crippen LogP contribution is -2.05. The van der Waals surface area contributed by atoms with Crippen molar-refractivity contribution in [1.29, 1.82) is 0 Å². The molecule has 0 atom stereocenters. The summed E-state index contributed by atoms with van der Waals surface area (Å²) >= 11 is 9.60. The molecule has 0 saturated heterocycles. The van der Waals surface area contributed by atoms with Gasteiger partial charge in [0.1, 0.15) is 11.6 Å². The van der Waals surface area contributed by atoms with Gasteiger partial charge in [-0.15, -0.1) is 11.3 Å². The van der Waals surface area contributed by atoms with Crippen molar-refractivity contribution >= 4 is 44.7 Å². The molecule has 0 spiro atoms. The molecule has 0 amide bonds. The number of halogens is 4. The Morgan fingerprint density at radius 3 is 2.29 bits per heavy atom. The molecule has 0 N–H and O–H groups in total. The van der Waals surface area contributed by atoms with Gasteiger partial charge in [-0.3, -0.25) is 4.79 Å². The molecule has 0 bridgehead atoms. The van der Waals surface area contributed by atoms with Gasteiger partial charge < -0.3 is 0 Å². The molecule has 0 fully saturated rings. The van der Waals surface area contributed by atoms with Crippen LogP contribution in [0.15, 0.2) is 28.7 Å². The summed E-state index contributed by atoms with van der Waals surface area (Å²) in [6, 6.07) is 5.04. The summed E-state index contributed by atoms with van der Waals surface area (Å²) in [7, 11) is 0. The number of thiophene rings is 1. The Morgan fingerprint density at radius 2 is 1.82 bits per heavy atom. The van der Waals surface area contributed by atoms with Crippen molar-refractivity contribution in [2.75, 3.05) is 0 Å². The average Bonchev–Trinajstić information content (AvgIpc) is 2.63. The standard InChI is InChI=1S/C11H4BrClF2OS/c12-5-3-6(14)10(7(15)4-5)11(16)8-1-2-9(13)17-8/h1-4H. The maximum Gasteiger partial charge on any atom is 0.208 e. The fraction of sp³-hybridized carbons (Fsp3) is 0. The summed E-state index contributed by atoms with van der Waals surface area (Å²) in [5.41, 5.74) is -0.563. The zero-order valence-corrected chi connectivity index (χ0v) is 11.3. The van der Waals surface area contributed by atoms with Gasteiger partial charge in [0, 0.05) is 4.47 Å².